The molecule has 1 unspecified atom stereocenters. The number of nitrogens with one attached hydrogen (secondary N) is 2. The summed E-state index contributed by atoms with van der Waals surface area (Å²) >= 11 is 0. The van der Waals surface area contributed by atoms with Crippen LogP contribution in [0.3, 0.4) is 0 Å². The predicted octanol–water partition coefficient (Wildman–Crippen LogP) is 3.48. The molecule has 0 radical (unpaired) electrons. The minimum absolute atomic E-state index is 0.0576. The lowest BCUT2D eigenvalue weighted by Gasteiger charge is -2.20. The maximum Gasteiger partial charge on any atom is 0.244 e. The van der Waals surface area contributed by atoms with Crippen molar-refractivity contribution in [3.05, 3.63) is 90.2 Å². The summed E-state index contributed by atoms with van der Waals surface area (Å²) < 4.78 is 42.2. The summed E-state index contributed by atoms with van der Waals surface area (Å²) in [5.41, 5.74) is 1.92. The van der Waals surface area contributed by atoms with Gasteiger partial charge in [0.05, 0.1) is 0 Å². The summed E-state index contributed by atoms with van der Waals surface area (Å²) in [5.74, 6) is -1.43. The van der Waals surface area contributed by atoms with Crippen molar-refractivity contribution in [3.8, 4) is 0 Å². The van der Waals surface area contributed by atoms with Crippen LogP contribution >= 0.6 is 0 Å². The highest BCUT2D eigenvalue weighted by Gasteiger charge is 2.28. The monoisotopic (exact) mass is 481 g/mol. The molecule has 1 saturated heterocycles. The normalized spacial score (nSPS) is 14.7. The molecular weight excluding hydrogens is 457 g/mol. The number of amides is 2. The standard InChI is InChI=1S/C25H24FN3O4S/c26-21-9-4-5-10-23(21)34(32,33)28-22(17-18-7-2-1-3-8-18)25(31)27-19-12-14-20(15-13-19)29-16-6-11-24(29)30/h1-5,7-10,12-15,22,28H,6,11,16-17H2,(H,27,31). The van der Waals surface area contributed by atoms with Crippen molar-refractivity contribution in [1.82, 2.24) is 4.72 Å². The Labute approximate surface area is 197 Å². The molecule has 0 aromatic heterocycles. The number of halogens is 1. The first-order valence-electron chi connectivity index (χ1n) is 10.9. The molecule has 0 saturated carbocycles. The van der Waals surface area contributed by atoms with Crippen molar-refractivity contribution in [2.24, 2.45) is 0 Å². The van der Waals surface area contributed by atoms with Crippen LogP contribution in [0.1, 0.15) is 18.4 Å². The van der Waals surface area contributed by atoms with Gasteiger partial charge in [0.25, 0.3) is 0 Å². The second kappa shape index (κ2) is 10.1. The highest BCUT2D eigenvalue weighted by Crippen LogP contribution is 2.23. The molecule has 2 N–H and O–H groups in total. The predicted molar refractivity (Wildman–Crippen MR) is 127 cm³/mol. The van der Waals surface area contributed by atoms with E-state index >= 15 is 0 Å². The molecule has 9 heteroatoms. The molecule has 3 aromatic carbocycles. The summed E-state index contributed by atoms with van der Waals surface area (Å²) in [4.78, 5) is 26.2. The van der Waals surface area contributed by atoms with Crippen LogP contribution in [0, 0.1) is 5.82 Å². The van der Waals surface area contributed by atoms with Crippen LogP contribution < -0.4 is 14.9 Å². The quantitative estimate of drug-likeness (QED) is 0.515. The zero-order valence-corrected chi connectivity index (χ0v) is 19.1. The van der Waals surface area contributed by atoms with Crippen molar-refractivity contribution >= 4 is 33.2 Å². The van der Waals surface area contributed by atoms with Gasteiger partial charge in [-0.3, -0.25) is 9.59 Å². The van der Waals surface area contributed by atoms with Gasteiger partial charge in [-0.2, -0.15) is 4.72 Å². The van der Waals surface area contributed by atoms with Crippen LogP contribution in [0.5, 0.6) is 0 Å². The number of carbonyl (C=O) groups excluding carboxylic acids is 2. The van der Waals surface area contributed by atoms with Crippen LogP contribution in [0.25, 0.3) is 0 Å². The first kappa shape index (κ1) is 23.6. The van der Waals surface area contributed by atoms with Crippen molar-refractivity contribution < 1.29 is 22.4 Å². The largest absolute Gasteiger partial charge is 0.325 e. The van der Waals surface area contributed by atoms with Crippen LogP contribution in [0.2, 0.25) is 0 Å². The molecule has 176 valence electrons. The number of benzene rings is 3. The van der Waals surface area contributed by atoms with Gasteiger partial charge in [0.15, 0.2) is 0 Å². The lowest BCUT2D eigenvalue weighted by molar-refractivity contribution is -0.118. The fourth-order valence-corrected chi connectivity index (χ4v) is 5.10. The number of sulfonamides is 1. The molecule has 3 aromatic rings. The van der Waals surface area contributed by atoms with Gasteiger partial charge < -0.3 is 10.2 Å². The smallest absolute Gasteiger partial charge is 0.244 e. The highest BCUT2D eigenvalue weighted by molar-refractivity contribution is 7.89. The second-order valence-corrected chi connectivity index (χ2v) is 9.66. The Bertz CT molecular complexity index is 1280. The molecule has 0 spiro atoms. The minimum Gasteiger partial charge on any atom is -0.325 e. The fourth-order valence-electron chi connectivity index (χ4n) is 3.83. The molecule has 1 atom stereocenters. The third-order valence-electron chi connectivity index (χ3n) is 5.54. The molecule has 2 amide bonds. The summed E-state index contributed by atoms with van der Waals surface area (Å²) in [7, 11) is -4.30. The van der Waals surface area contributed by atoms with Crippen LogP contribution in [-0.2, 0) is 26.0 Å². The van der Waals surface area contributed by atoms with E-state index < -0.39 is 32.7 Å². The molecule has 1 heterocycles. The molecule has 7 nitrogen and oxygen atoms in total. The molecule has 0 bridgehead atoms. The molecule has 1 aliphatic heterocycles. The van der Waals surface area contributed by atoms with E-state index in [4.69, 9.17) is 0 Å². The summed E-state index contributed by atoms with van der Waals surface area (Å²) in [5, 5.41) is 2.72. The van der Waals surface area contributed by atoms with Gasteiger partial charge in [0, 0.05) is 24.3 Å². The number of hydrogen-bond donors (Lipinski definition) is 2. The van der Waals surface area contributed by atoms with E-state index in [0.29, 0.717) is 18.7 Å². The Morgan fingerprint density at radius 2 is 1.65 bits per heavy atom. The third-order valence-corrected chi connectivity index (χ3v) is 7.05. The van der Waals surface area contributed by atoms with Gasteiger partial charge in [0.1, 0.15) is 16.8 Å². The molecule has 0 aliphatic carbocycles. The topological polar surface area (TPSA) is 95.6 Å². The molecule has 34 heavy (non-hydrogen) atoms. The Kier molecular flexibility index (Phi) is 7.04. The first-order chi connectivity index (χ1) is 16.3. The van der Waals surface area contributed by atoms with Crippen molar-refractivity contribution in [2.45, 2.75) is 30.2 Å². The maximum absolute atomic E-state index is 14.2. The van der Waals surface area contributed by atoms with E-state index in [1.54, 1.807) is 53.4 Å². The lowest BCUT2D eigenvalue weighted by Crippen LogP contribution is -2.45. The number of carbonyl (C=O) groups is 2. The average Bonchev–Trinajstić information content (AvgIpc) is 3.25. The molecule has 4 rings (SSSR count). The van der Waals surface area contributed by atoms with Crippen molar-refractivity contribution in [3.63, 3.8) is 0 Å². The SMILES string of the molecule is O=C(Nc1ccc(N2CCCC2=O)cc1)C(Cc1ccccc1)NS(=O)(=O)c1ccccc1F. The van der Waals surface area contributed by atoms with E-state index in [1.165, 1.54) is 12.1 Å². The molecule has 1 fully saturated rings. The average molecular weight is 482 g/mol. The lowest BCUT2D eigenvalue weighted by atomic mass is 10.1. The highest BCUT2D eigenvalue weighted by atomic mass is 32.2. The number of nitrogens with zero attached hydrogens (tertiary/aromatic N) is 1. The van der Waals surface area contributed by atoms with Crippen LogP contribution in [-0.4, -0.2) is 32.8 Å². The zero-order valence-electron chi connectivity index (χ0n) is 18.3. The number of rotatable bonds is 8. The second-order valence-electron chi connectivity index (χ2n) is 7.98. The Balaban J connectivity index is 1.54. The van der Waals surface area contributed by atoms with Gasteiger partial charge >= 0.3 is 0 Å². The van der Waals surface area contributed by atoms with Gasteiger partial charge in [-0.05, 0) is 54.8 Å². The van der Waals surface area contributed by atoms with Gasteiger partial charge in [-0.15, -0.1) is 0 Å². The Morgan fingerprint density at radius 1 is 0.971 bits per heavy atom. The van der Waals surface area contributed by atoms with E-state index in [0.717, 1.165) is 29.8 Å². The van der Waals surface area contributed by atoms with E-state index in [1.807, 2.05) is 6.07 Å². The summed E-state index contributed by atoms with van der Waals surface area (Å²) in [6.07, 6.45) is 1.39. The van der Waals surface area contributed by atoms with E-state index in [2.05, 4.69) is 10.0 Å². The molecule has 1 aliphatic rings. The van der Waals surface area contributed by atoms with Gasteiger partial charge in [0.2, 0.25) is 21.8 Å². The van der Waals surface area contributed by atoms with Crippen molar-refractivity contribution in [1.29, 1.82) is 0 Å². The fraction of sp³-hybridized carbons (Fsp3) is 0.200. The van der Waals surface area contributed by atoms with Gasteiger partial charge in [-0.25, -0.2) is 12.8 Å². The van der Waals surface area contributed by atoms with Gasteiger partial charge in [-0.1, -0.05) is 42.5 Å². The number of hydrogen-bond acceptors (Lipinski definition) is 4. The minimum atomic E-state index is -4.30. The number of anilines is 2. The van der Waals surface area contributed by atoms with Crippen molar-refractivity contribution in [2.75, 3.05) is 16.8 Å². The Hall–Kier alpha value is -3.56. The summed E-state index contributed by atoms with van der Waals surface area (Å²) in [6, 6.07) is 19.5. The maximum atomic E-state index is 14.2. The first-order valence-corrected chi connectivity index (χ1v) is 12.3. The Morgan fingerprint density at radius 3 is 2.29 bits per heavy atom. The van der Waals surface area contributed by atoms with E-state index in [-0.39, 0.29) is 12.3 Å². The summed E-state index contributed by atoms with van der Waals surface area (Å²) in [6.45, 7) is 0.654. The zero-order chi connectivity index (χ0) is 24.1. The third kappa shape index (κ3) is 5.49. The van der Waals surface area contributed by atoms with Crippen LogP contribution in [0.15, 0.2) is 83.8 Å². The molecular formula is C25H24FN3O4S. The van der Waals surface area contributed by atoms with E-state index in [9.17, 15) is 22.4 Å². The van der Waals surface area contributed by atoms with Crippen LogP contribution in [0.4, 0.5) is 15.8 Å².